The number of nitrogens with one attached hydrogen (secondary N) is 2. The Balaban J connectivity index is 1.89. The molecule has 24 heavy (non-hydrogen) atoms. The maximum absolute atomic E-state index is 6.23. The second-order valence-electron chi connectivity index (χ2n) is 5.95. The Labute approximate surface area is 145 Å². The fourth-order valence-electron chi connectivity index (χ4n) is 3.53. The molecule has 4 rings (SSSR count). The molecule has 0 saturated heterocycles. The summed E-state index contributed by atoms with van der Waals surface area (Å²) < 4.78 is 10.9. The maximum Gasteiger partial charge on any atom is 0.124 e. The van der Waals surface area contributed by atoms with Gasteiger partial charge in [-0.1, -0.05) is 11.6 Å². The summed E-state index contributed by atoms with van der Waals surface area (Å²) in [6.07, 6.45) is 0.974. The fourth-order valence-corrected chi connectivity index (χ4v) is 3.71. The van der Waals surface area contributed by atoms with Gasteiger partial charge in [0.1, 0.15) is 11.5 Å². The highest BCUT2D eigenvalue weighted by Gasteiger charge is 2.27. The van der Waals surface area contributed by atoms with Crippen LogP contribution in [0.15, 0.2) is 36.4 Å². The second-order valence-corrected chi connectivity index (χ2v) is 6.39. The third kappa shape index (κ3) is 2.43. The molecule has 1 atom stereocenters. The Kier molecular flexibility index (Phi) is 3.87. The van der Waals surface area contributed by atoms with Crippen molar-refractivity contribution in [2.45, 2.75) is 12.5 Å². The van der Waals surface area contributed by atoms with Crippen molar-refractivity contribution in [3.63, 3.8) is 0 Å². The standard InChI is InChI=1S/C19H19ClN2O2/c1-23-12-4-5-16-14(10-12)13-7-8-21-18(19(13)22-16)15-9-11(20)3-6-17(15)24-2/h3-6,9-10,18,21-22H,7-8H2,1-2H3. The number of halogens is 1. The van der Waals surface area contributed by atoms with Crippen LogP contribution in [0.2, 0.25) is 5.02 Å². The van der Waals surface area contributed by atoms with Gasteiger partial charge >= 0.3 is 0 Å². The van der Waals surface area contributed by atoms with E-state index in [1.165, 1.54) is 16.6 Å². The van der Waals surface area contributed by atoms with E-state index < -0.39 is 0 Å². The monoisotopic (exact) mass is 342 g/mol. The Morgan fingerprint density at radius 2 is 1.96 bits per heavy atom. The van der Waals surface area contributed by atoms with Crippen LogP contribution in [0.1, 0.15) is 22.9 Å². The Bertz CT molecular complexity index is 904. The number of fused-ring (bicyclic) bond motifs is 3. The zero-order valence-corrected chi connectivity index (χ0v) is 14.4. The number of aromatic amines is 1. The molecule has 2 N–H and O–H groups in total. The summed E-state index contributed by atoms with van der Waals surface area (Å²) in [7, 11) is 3.38. The largest absolute Gasteiger partial charge is 0.497 e. The van der Waals surface area contributed by atoms with Crippen molar-refractivity contribution >= 4 is 22.5 Å². The highest BCUT2D eigenvalue weighted by molar-refractivity contribution is 6.30. The summed E-state index contributed by atoms with van der Waals surface area (Å²) >= 11 is 6.23. The summed E-state index contributed by atoms with van der Waals surface area (Å²) in [5.41, 5.74) is 4.67. The minimum absolute atomic E-state index is 0.0285. The van der Waals surface area contributed by atoms with Crippen molar-refractivity contribution in [1.29, 1.82) is 0 Å². The molecule has 124 valence electrons. The van der Waals surface area contributed by atoms with E-state index in [0.29, 0.717) is 5.02 Å². The lowest BCUT2D eigenvalue weighted by Crippen LogP contribution is -2.30. The van der Waals surface area contributed by atoms with Crippen molar-refractivity contribution < 1.29 is 9.47 Å². The molecule has 0 fully saturated rings. The fraction of sp³-hybridized carbons (Fsp3) is 0.263. The van der Waals surface area contributed by atoms with Crippen LogP contribution in [-0.2, 0) is 6.42 Å². The van der Waals surface area contributed by atoms with Gasteiger partial charge < -0.3 is 19.8 Å². The first-order chi connectivity index (χ1) is 11.7. The molecule has 2 heterocycles. The van der Waals surface area contributed by atoms with Gasteiger partial charge in [0.2, 0.25) is 0 Å². The number of rotatable bonds is 3. The lowest BCUT2D eigenvalue weighted by molar-refractivity contribution is 0.402. The minimum Gasteiger partial charge on any atom is -0.497 e. The molecule has 3 aromatic rings. The molecule has 0 radical (unpaired) electrons. The molecule has 0 saturated carbocycles. The van der Waals surface area contributed by atoms with Gasteiger partial charge in [0.25, 0.3) is 0 Å². The average Bonchev–Trinajstić information content (AvgIpc) is 2.99. The molecule has 0 spiro atoms. The first kappa shape index (κ1) is 15.4. The van der Waals surface area contributed by atoms with Gasteiger partial charge in [-0.15, -0.1) is 0 Å². The molecular weight excluding hydrogens is 324 g/mol. The number of aromatic nitrogens is 1. The molecular formula is C19H19ClN2O2. The maximum atomic E-state index is 6.23. The highest BCUT2D eigenvalue weighted by Crippen LogP contribution is 2.38. The van der Waals surface area contributed by atoms with Crippen LogP contribution in [0.5, 0.6) is 11.5 Å². The summed E-state index contributed by atoms with van der Waals surface area (Å²) in [6.45, 7) is 0.900. The van der Waals surface area contributed by atoms with E-state index in [4.69, 9.17) is 21.1 Å². The summed E-state index contributed by atoms with van der Waals surface area (Å²) in [6, 6.07) is 11.9. The quantitative estimate of drug-likeness (QED) is 0.754. The van der Waals surface area contributed by atoms with E-state index in [9.17, 15) is 0 Å². The normalized spacial score (nSPS) is 16.9. The van der Waals surface area contributed by atoms with E-state index in [2.05, 4.69) is 22.4 Å². The number of methoxy groups -OCH3 is 2. The molecule has 2 aromatic carbocycles. The van der Waals surface area contributed by atoms with E-state index >= 15 is 0 Å². The van der Waals surface area contributed by atoms with Crippen LogP contribution < -0.4 is 14.8 Å². The molecule has 5 heteroatoms. The molecule has 0 bridgehead atoms. The van der Waals surface area contributed by atoms with Crippen LogP contribution in [0.25, 0.3) is 10.9 Å². The predicted molar refractivity (Wildman–Crippen MR) is 96.4 cm³/mol. The van der Waals surface area contributed by atoms with Gasteiger partial charge in [-0.05, 0) is 48.4 Å². The molecule has 0 aliphatic carbocycles. The lowest BCUT2D eigenvalue weighted by atomic mass is 9.94. The molecule has 4 nitrogen and oxygen atoms in total. The van der Waals surface area contributed by atoms with E-state index in [0.717, 1.165) is 35.5 Å². The van der Waals surface area contributed by atoms with Gasteiger partial charge in [-0.2, -0.15) is 0 Å². The van der Waals surface area contributed by atoms with E-state index in [1.807, 2.05) is 24.3 Å². The van der Waals surface area contributed by atoms with Gasteiger partial charge in [0, 0.05) is 33.7 Å². The van der Waals surface area contributed by atoms with Crippen LogP contribution in [0.4, 0.5) is 0 Å². The number of hydrogen-bond donors (Lipinski definition) is 2. The minimum atomic E-state index is 0.0285. The van der Waals surface area contributed by atoms with Crippen LogP contribution >= 0.6 is 11.6 Å². The lowest BCUT2D eigenvalue weighted by Gasteiger charge is -2.26. The van der Waals surface area contributed by atoms with Gasteiger partial charge in [-0.3, -0.25) is 0 Å². The summed E-state index contributed by atoms with van der Waals surface area (Å²) in [5, 5.41) is 5.51. The molecule has 1 aliphatic rings. The van der Waals surface area contributed by atoms with Crippen molar-refractivity contribution in [3.8, 4) is 11.5 Å². The zero-order valence-electron chi connectivity index (χ0n) is 13.7. The number of hydrogen-bond acceptors (Lipinski definition) is 3. The Hall–Kier alpha value is -2.17. The first-order valence-electron chi connectivity index (χ1n) is 7.96. The van der Waals surface area contributed by atoms with Crippen LogP contribution in [-0.4, -0.2) is 25.7 Å². The third-order valence-corrected chi connectivity index (χ3v) is 4.90. The second kappa shape index (κ2) is 6.04. The van der Waals surface area contributed by atoms with Gasteiger partial charge in [-0.25, -0.2) is 0 Å². The number of benzene rings is 2. The highest BCUT2D eigenvalue weighted by atomic mass is 35.5. The molecule has 1 unspecified atom stereocenters. The Morgan fingerprint density at radius 1 is 1.08 bits per heavy atom. The third-order valence-electron chi connectivity index (χ3n) is 4.66. The van der Waals surface area contributed by atoms with Crippen molar-refractivity contribution in [3.05, 3.63) is 58.2 Å². The number of H-pyrrole nitrogens is 1. The van der Waals surface area contributed by atoms with Crippen molar-refractivity contribution in [2.75, 3.05) is 20.8 Å². The topological polar surface area (TPSA) is 46.3 Å². The van der Waals surface area contributed by atoms with Gasteiger partial charge in [0.05, 0.1) is 20.3 Å². The van der Waals surface area contributed by atoms with Gasteiger partial charge in [0.15, 0.2) is 0 Å². The molecule has 1 aromatic heterocycles. The first-order valence-corrected chi connectivity index (χ1v) is 8.34. The van der Waals surface area contributed by atoms with E-state index in [-0.39, 0.29) is 6.04 Å². The molecule has 1 aliphatic heterocycles. The van der Waals surface area contributed by atoms with Crippen molar-refractivity contribution in [1.82, 2.24) is 10.3 Å². The SMILES string of the molecule is COc1ccc2[nH]c3c(c2c1)CCNC3c1cc(Cl)ccc1OC. The van der Waals surface area contributed by atoms with Crippen LogP contribution in [0.3, 0.4) is 0 Å². The predicted octanol–water partition coefficient (Wildman–Crippen LogP) is 4.07. The Morgan fingerprint density at radius 3 is 2.75 bits per heavy atom. The average molecular weight is 343 g/mol. The number of ether oxygens (including phenoxy) is 2. The zero-order chi connectivity index (χ0) is 16.7. The van der Waals surface area contributed by atoms with E-state index in [1.54, 1.807) is 14.2 Å². The van der Waals surface area contributed by atoms with Crippen molar-refractivity contribution in [2.24, 2.45) is 0 Å². The summed E-state index contributed by atoms with van der Waals surface area (Å²) in [5.74, 6) is 1.71. The molecule has 0 amide bonds. The summed E-state index contributed by atoms with van der Waals surface area (Å²) in [4.78, 5) is 3.57. The van der Waals surface area contributed by atoms with Crippen LogP contribution in [0, 0.1) is 0 Å². The smallest absolute Gasteiger partial charge is 0.124 e.